The van der Waals surface area contributed by atoms with E-state index in [4.69, 9.17) is 0 Å². The van der Waals surface area contributed by atoms with Crippen molar-refractivity contribution in [3.63, 3.8) is 0 Å². The van der Waals surface area contributed by atoms with E-state index < -0.39 is 48.0 Å². The Morgan fingerprint density at radius 1 is 0.574 bits per heavy atom. The van der Waals surface area contributed by atoms with Gasteiger partial charge >= 0.3 is 391 Å². The van der Waals surface area contributed by atoms with Crippen LogP contribution in [0.5, 0.6) is 17.2 Å². The van der Waals surface area contributed by atoms with Crippen molar-refractivity contribution in [3.8, 4) is 17.2 Å². The minimum absolute atomic E-state index is 0. The van der Waals surface area contributed by atoms with E-state index in [0.29, 0.717) is 11.4 Å². The van der Waals surface area contributed by atoms with Gasteiger partial charge < -0.3 is 0 Å². The summed E-state index contributed by atoms with van der Waals surface area (Å²) in [4.78, 5) is 0. The number of nitrogens with one attached hydrogen (secondary N) is 3. The van der Waals surface area contributed by atoms with Crippen LogP contribution in [0.4, 0.5) is 17.1 Å². The molecule has 0 unspecified atom stereocenters. The normalized spacial score (nSPS) is 10.7. The Labute approximate surface area is 384 Å². The molecule has 0 saturated carbocycles. The van der Waals surface area contributed by atoms with Gasteiger partial charge in [-0.25, -0.2) is 0 Å². The molecule has 238 valence electrons. The molecule has 47 heavy (non-hydrogen) atoms. The third-order valence-electron chi connectivity index (χ3n) is 4.49. The van der Waals surface area contributed by atoms with Crippen LogP contribution in [-0.4, -0.2) is 154 Å². The molecule has 0 spiro atoms. The Bertz CT molecular complexity index is 1730. The third kappa shape index (κ3) is 26.1. The summed E-state index contributed by atoms with van der Waals surface area (Å²) in [5.41, 5.74) is 0.823. The molecule has 0 saturated heterocycles. The van der Waals surface area contributed by atoms with Crippen LogP contribution >= 0.6 is 0 Å². The van der Waals surface area contributed by atoms with Gasteiger partial charge in [-0.15, -0.1) is 0 Å². The summed E-state index contributed by atoms with van der Waals surface area (Å²) in [6, 6.07) is 14.5. The zero-order valence-electron chi connectivity index (χ0n) is 24.8. The number of hydrogen-bond acceptors (Lipinski definition) is 15. The molecule has 4 radical (unpaired) electrons. The van der Waals surface area contributed by atoms with Gasteiger partial charge in [0.15, 0.2) is 0 Å². The molecule has 3 aromatic rings. The van der Waals surface area contributed by atoms with Crippen molar-refractivity contribution in [2.24, 2.45) is 0 Å². The first-order valence-electron chi connectivity index (χ1n) is 11.1. The van der Waals surface area contributed by atoms with Crippen LogP contribution in [0.15, 0.2) is 54.6 Å². The predicted molar refractivity (Wildman–Crippen MR) is 167 cm³/mol. The molecule has 0 aliphatic rings. The SMILES string of the molecule is O=S(=O)([O-])CNc1cc([As])ccc1O.O=S(=O)([O-])CNc1cc([As]=[Bi])ccc1O.O=S(=O)([O-])CNc1cc([As]=[Bi])ccc1O.[Na+].[Na+].[Na+]. The van der Waals surface area contributed by atoms with E-state index in [1.807, 2.05) is 0 Å². The van der Waals surface area contributed by atoms with E-state index in [1.165, 1.54) is 67.3 Å². The van der Waals surface area contributed by atoms with Crippen LogP contribution in [0.25, 0.3) is 0 Å². The Morgan fingerprint density at radius 2 is 0.851 bits per heavy atom. The van der Waals surface area contributed by atoms with Crippen molar-refractivity contribution < 1.29 is 143 Å². The van der Waals surface area contributed by atoms with Gasteiger partial charge in [-0.1, -0.05) is 0 Å². The summed E-state index contributed by atoms with van der Waals surface area (Å²) in [6.45, 7) is 0. The first kappa shape index (κ1) is 54.0. The van der Waals surface area contributed by atoms with Crippen LogP contribution in [0.3, 0.4) is 0 Å². The van der Waals surface area contributed by atoms with Gasteiger partial charge in [0.1, 0.15) is 0 Å². The zero-order valence-corrected chi connectivity index (χ0v) is 45.8. The molecular weight excluding hydrogens is 1290 g/mol. The molecule has 0 aliphatic carbocycles. The first-order chi connectivity index (χ1) is 20.2. The van der Waals surface area contributed by atoms with Crippen molar-refractivity contribution in [2.75, 3.05) is 33.6 Å². The van der Waals surface area contributed by atoms with E-state index >= 15 is 0 Å². The fourth-order valence-corrected chi connectivity index (χ4v) is 10.4. The minimum atomic E-state index is -4.33. The number of hydrogen-bond donors (Lipinski definition) is 6. The molecule has 6 N–H and O–H groups in total. The van der Waals surface area contributed by atoms with Gasteiger partial charge in [0.2, 0.25) is 0 Å². The summed E-state index contributed by atoms with van der Waals surface area (Å²) in [5, 5.41) is 35.2. The van der Waals surface area contributed by atoms with E-state index in [0.717, 1.165) is 13.1 Å². The Kier molecular flexibility index (Phi) is 30.3. The maximum atomic E-state index is 10.4. The van der Waals surface area contributed by atoms with Gasteiger partial charge in [0.25, 0.3) is 0 Å². The number of phenols is 3. The summed E-state index contributed by atoms with van der Waals surface area (Å²) in [6.07, 6.45) is 0. The summed E-state index contributed by atoms with van der Waals surface area (Å²) >= 11 is 4.97. The number of anilines is 3. The van der Waals surface area contributed by atoms with Crippen LogP contribution in [0.2, 0.25) is 0 Å². The summed E-state index contributed by atoms with van der Waals surface area (Å²) in [5.74, 6) is -2.34. The van der Waals surface area contributed by atoms with Crippen LogP contribution in [0.1, 0.15) is 0 Å². The molecule has 0 fully saturated rings. The van der Waals surface area contributed by atoms with Gasteiger partial charge in [0.05, 0.1) is 0 Å². The van der Waals surface area contributed by atoms with Crippen LogP contribution in [0, 0.1) is 0 Å². The second-order valence-corrected chi connectivity index (χ2v) is 24.3. The molecular formula is C21H21As3Bi2N3Na3O12S3. The summed E-state index contributed by atoms with van der Waals surface area (Å²) < 4.78 is 96.1. The van der Waals surface area contributed by atoms with Gasteiger partial charge in [0, 0.05) is 0 Å². The molecule has 26 heteroatoms. The number of rotatable bonds is 11. The van der Waals surface area contributed by atoms with Crippen molar-refractivity contribution in [3.05, 3.63) is 54.6 Å². The van der Waals surface area contributed by atoms with Crippen molar-refractivity contribution >= 4 is 143 Å². The average molecular weight is 1320 g/mol. The molecule has 3 aromatic carbocycles. The maximum Gasteiger partial charge on any atom is 1.00 e. The molecule has 15 nitrogen and oxygen atoms in total. The maximum absolute atomic E-state index is 10.4. The monoisotopic (exact) mass is 1310 g/mol. The topological polar surface area (TPSA) is 268 Å². The molecule has 0 heterocycles. The van der Waals surface area contributed by atoms with E-state index in [2.05, 4.69) is 32.8 Å². The molecule has 0 aliphatic heterocycles. The number of benzene rings is 3. The zero-order chi connectivity index (χ0) is 33.7. The van der Waals surface area contributed by atoms with Crippen molar-refractivity contribution in [1.82, 2.24) is 0 Å². The van der Waals surface area contributed by atoms with Gasteiger partial charge in [-0.3, -0.25) is 0 Å². The molecule has 0 amide bonds. The van der Waals surface area contributed by atoms with E-state index in [1.54, 1.807) is 30.3 Å². The van der Waals surface area contributed by atoms with E-state index in [-0.39, 0.29) is 134 Å². The number of aromatic hydroxyl groups is 3. The fourth-order valence-electron chi connectivity index (χ4n) is 2.62. The smallest absolute Gasteiger partial charge is 1.00 e. The number of phenolic OH excluding ortho intramolecular Hbond substituents is 3. The van der Waals surface area contributed by atoms with Crippen molar-refractivity contribution in [2.45, 2.75) is 0 Å². The van der Waals surface area contributed by atoms with Crippen molar-refractivity contribution in [1.29, 1.82) is 0 Å². The first-order valence-corrected chi connectivity index (χ1v) is 36.5. The summed E-state index contributed by atoms with van der Waals surface area (Å²) in [7, 11) is -13.0. The minimum Gasteiger partial charge on any atom is 1.00 e. The second-order valence-electron chi connectivity index (χ2n) is 7.94. The quantitative estimate of drug-likeness (QED) is 0.0592. The molecule has 0 aromatic heterocycles. The Morgan fingerprint density at radius 3 is 1.13 bits per heavy atom. The van der Waals surface area contributed by atoms with Gasteiger partial charge in [-0.05, 0) is 0 Å². The van der Waals surface area contributed by atoms with Gasteiger partial charge in [-0.2, -0.15) is 0 Å². The largest absolute Gasteiger partial charge is 1.00 e. The average Bonchev–Trinajstić information content (AvgIpc) is 2.92. The third-order valence-corrected chi connectivity index (χ3v) is 18.0. The standard InChI is InChI=1S/3C7H8AsNO4S.2Bi.3Na/c3*8-5-1-2-7(10)6(3-5)9-4-14(11,12)13;;;;;/h3*1-3,9-10H,4H2,(H,11,12,13);;;;;/q;;;;;3*+1/p-3. The second kappa shape index (κ2) is 26.4. The predicted octanol–water partition coefficient (Wildman–Crippen LogP) is -12.4. The Hall–Kier alpha value is 2.63. The Balaban J connectivity index is -0.000000599. The molecule has 0 atom stereocenters. The molecule has 3 rings (SSSR count). The molecule has 0 bridgehead atoms. The van der Waals surface area contributed by atoms with Crippen LogP contribution in [-0.2, 0) is 30.4 Å². The fraction of sp³-hybridized carbons (Fsp3) is 0.143. The van der Waals surface area contributed by atoms with E-state index in [9.17, 15) is 54.2 Å². The van der Waals surface area contributed by atoms with Crippen LogP contribution < -0.4 is 118 Å².